The lowest BCUT2D eigenvalue weighted by molar-refractivity contribution is -0.117. The highest BCUT2D eigenvalue weighted by Crippen LogP contribution is 2.28. The van der Waals surface area contributed by atoms with E-state index < -0.39 is 5.82 Å². The monoisotopic (exact) mass is 307 g/mol. The fraction of sp³-hybridized carbons (Fsp3) is 0.444. The van der Waals surface area contributed by atoms with Crippen LogP contribution in [0, 0.1) is 11.7 Å². The Morgan fingerprint density at radius 2 is 2.38 bits per heavy atom. The third kappa shape index (κ3) is 2.04. The lowest BCUT2D eigenvalue weighted by atomic mass is 10.2. The number of carbonyl (C=O) groups excluding carboxylic acids is 1. The average molecular weight is 309 g/mol. The van der Waals surface area contributed by atoms with Gasteiger partial charge in [0.25, 0.3) is 0 Å². The van der Waals surface area contributed by atoms with Crippen molar-refractivity contribution in [2.24, 2.45) is 5.92 Å². The van der Waals surface area contributed by atoms with Gasteiger partial charge in [-0.25, -0.2) is 9.97 Å². The van der Waals surface area contributed by atoms with Gasteiger partial charge in [0.15, 0.2) is 11.0 Å². The van der Waals surface area contributed by atoms with Crippen molar-refractivity contribution in [1.29, 1.82) is 0 Å². The first-order valence-corrected chi connectivity index (χ1v) is 6.15. The molecule has 16 heavy (non-hydrogen) atoms. The molecule has 1 aliphatic heterocycles. The maximum absolute atomic E-state index is 13.6. The zero-order valence-electron chi connectivity index (χ0n) is 8.16. The van der Waals surface area contributed by atoms with Crippen LogP contribution in [0.1, 0.15) is 6.42 Å². The van der Waals surface area contributed by atoms with E-state index in [1.165, 1.54) is 4.90 Å². The topological polar surface area (TPSA) is 46.1 Å². The molecule has 1 unspecified atom stereocenters. The summed E-state index contributed by atoms with van der Waals surface area (Å²) in [4.78, 5) is 20.2. The Bertz CT molecular complexity index is 431. The molecule has 1 atom stereocenters. The van der Waals surface area contributed by atoms with Gasteiger partial charge < -0.3 is 0 Å². The Labute approximate surface area is 105 Å². The molecule has 2 rings (SSSR count). The molecule has 0 N–H and O–H groups in total. The summed E-state index contributed by atoms with van der Waals surface area (Å²) >= 11 is 8.84. The molecule has 1 saturated heterocycles. The van der Waals surface area contributed by atoms with Crippen molar-refractivity contribution in [2.45, 2.75) is 6.42 Å². The predicted octanol–water partition coefficient (Wildman–Crippen LogP) is 2.02. The predicted molar refractivity (Wildman–Crippen MR) is 61.3 cm³/mol. The summed E-state index contributed by atoms with van der Waals surface area (Å²) in [6, 6.07) is 0. The van der Waals surface area contributed by atoms with Crippen LogP contribution >= 0.6 is 27.5 Å². The van der Waals surface area contributed by atoms with Crippen molar-refractivity contribution < 1.29 is 9.18 Å². The number of alkyl halides is 1. The zero-order chi connectivity index (χ0) is 11.7. The van der Waals surface area contributed by atoms with E-state index in [0.717, 1.165) is 6.33 Å². The molecule has 7 heteroatoms. The fourth-order valence-electron chi connectivity index (χ4n) is 1.62. The first-order chi connectivity index (χ1) is 7.63. The third-order valence-electron chi connectivity index (χ3n) is 2.41. The minimum absolute atomic E-state index is 0.0338. The van der Waals surface area contributed by atoms with Gasteiger partial charge in [0.05, 0.1) is 0 Å². The number of halogens is 3. The molecule has 0 aromatic carbocycles. The fourth-order valence-corrected chi connectivity index (χ4v) is 2.18. The molecule has 2 heterocycles. The number of anilines is 1. The van der Waals surface area contributed by atoms with Crippen LogP contribution in [0.4, 0.5) is 10.2 Å². The SMILES string of the molecule is O=C1CC(CBr)CN1c1ncnc(Cl)c1F. The van der Waals surface area contributed by atoms with Gasteiger partial charge in [-0.15, -0.1) is 0 Å². The quantitative estimate of drug-likeness (QED) is 0.620. The van der Waals surface area contributed by atoms with Crippen LogP contribution in [0.5, 0.6) is 0 Å². The Morgan fingerprint density at radius 3 is 3.00 bits per heavy atom. The minimum Gasteiger partial charge on any atom is -0.294 e. The molecule has 1 fully saturated rings. The lowest BCUT2D eigenvalue weighted by Gasteiger charge is -2.15. The second-order valence-electron chi connectivity index (χ2n) is 3.53. The van der Waals surface area contributed by atoms with E-state index in [4.69, 9.17) is 11.6 Å². The van der Waals surface area contributed by atoms with Crippen LogP contribution in [-0.2, 0) is 4.79 Å². The molecule has 0 spiro atoms. The minimum atomic E-state index is -0.743. The second kappa shape index (κ2) is 4.63. The third-order valence-corrected chi connectivity index (χ3v) is 3.59. The number of amides is 1. The van der Waals surface area contributed by atoms with Gasteiger partial charge in [0.2, 0.25) is 11.7 Å². The normalized spacial score (nSPS) is 20.6. The van der Waals surface area contributed by atoms with Crippen molar-refractivity contribution in [3.63, 3.8) is 0 Å². The van der Waals surface area contributed by atoms with Crippen molar-refractivity contribution in [3.05, 3.63) is 17.3 Å². The smallest absolute Gasteiger partial charge is 0.228 e. The summed E-state index contributed by atoms with van der Waals surface area (Å²) in [5.41, 5.74) is 0. The molecule has 0 saturated carbocycles. The Hall–Kier alpha value is -0.750. The number of hydrogen-bond donors (Lipinski definition) is 0. The Balaban J connectivity index is 2.31. The van der Waals surface area contributed by atoms with Gasteiger partial charge >= 0.3 is 0 Å². The van der Waals surface area contributed by atoms with E-state index in [2.05, 4.69) is 25.9 Å². The molecular weight excluding hydrogens is 300 g/mol. The van der Waals surface area contributed by atoms with E-state index in [1.807, 2.05) is 0 Å². The van der Waals surface area contributed by atoms with Crippen molar-refractivity contribution in [1.82, 2.24) is 9.97 Å². The van der Waals surface area contributed by atoms with Gasteiger partial charge in [-0.05, 0) is 5.92 Å². The first-order valence-electron chi connectivity index (χ1n) is 4.65. The molecule has 0 aliphatic carbocycles. The summed E-state index contributed by atoms with van der Waals surface area (Å²) in [6.45, 7) is 0.453. The molecular formula is C9H8BrClFN3O. The van der Waals surface area contributed by atoms with Gasteiger partial charge in [-0.2, -0.15) is 4.39 Å². The molecule has 4 nitrogen and oxygen atoms in total. The van der Waals surface area contributed by atoms with E-state index in [0.29, 0.717) is 18.3 Å². The first kappa shape index (κ1) is 11.7. The number of aromatic nitrogens is 2. The number of hydrogen-bond acceptors (Lipinski definition) is 3. The summed E-state index contributed by atoms with van der Waals surface area (Å²) in [7, 11) is 0. The standard InChI is InChI=1S/C9H8BrClFN3O/c10-2-5-1-6(16)15(3-5)9-7(12)8(11)13-4-14-9/h4-5H,1-3H2. The lowest BCUT2D eigenvalue weighted by Crippen LogP contribution is -2.27. The van der Waals surface area contributed by atoms with Crippen LogP contribution in [-0.4, -0.2) is 27.7 Å². The largest absolute Gasteiger partial charge is 0.294 e. The molecule has 1 aromatic heterocycles. The summed E-state index contributed by atoms with van der Waals surface area (Å²) in [6.07, 6.45) is 1.54. The maximum Gasteiger partial charge on any atom is 0.228 e. The van der Waals surface area contributed by atoms with E-state index in [1.54, 1.807) is 0 Å². The highest BCUT2D eigenvalue weighted by atomic mass is 79.9. The van der Waals surface area contributed by atoms with Crippen LogP contribution in [0.15, 0.2) is 6.33 Å². The van der Waals surface area contributed by atoms with Gasteiger partial charge in [0, 0.05) is 18.3 Å². The van der Waals surface area contributed by atoms with Crippen molar-refractivity contribution in [2.75, 3.05) is 16.8 Å². The van der Waals surface area contributed by atoms with E-state index in [9.17, 15) is 9.18 Å². The van der Waals surface area contributed by atoms with Crippen LogP contribution < -0.4 is 4.90 Å². The zero-order valence-corrected chi connectivity index (χ0v) is 10.5. The van der Waals surface area contributed by atoms with Gasteiger partial charge in [0.1, 0.15) is 6.33 Å². The van der Waals surface area contributed by atoms with Crippen LogP contribution in [0.2, 0.25) is 5.15 Å². The molecule has 86 valence electrons. The number of carbonyl (C=O) groups is 1. The Morgan fingerprint density at radius 1 is 1.62 bits per heavy atom. The van der Waals surface area contributed by atoms with Gasteiger partial charge in [-0.1, -0.05) is 27.5 Å². The molecule has 0 radical (unpaired) electrons. The molecule has 1 amide bonds. The maximum atomic E-state index is 13.6. The van der Waals surface area contributed by atoms with Crippen molar-refractivity contribution >= 4 is 39.3 Å². The molecule has 0 bridgehead atoms. The molecule has 1 aliphatic rings. The Kier molecular flexibility index (Phi) is 3.39. The van der Waals surface area contributed by atoms with Gasteiger partial charge in [-0.3, -0.25) is 9.69 Å². The number of nitrogens with zero attached hydrogens (tertiary/aromatic N) is 3. The highest BCUT2D eigenvalue weighted by Gasteiger charge is 2.32. The summed E-state index contributed by atoms with van der Waals surface area (Å²) < 4.78 is 13.6. The number of rotatable bonds is 2. The van der Waals surface area contributed by atoms with E-state index in [-0.39, 0.29) is 22.8 Å². The molecule has 1 aromatic rings. The summed E-state index contributed by atoms with van der Waals surface area (Å²) in [5.74, 6) is -0.736. The highest BCUT2D eigenvalue weighted by molar-refractivity contribution is 9.09. The van der Waals surface area contributed by atoms with Crippen LogP contribution in [0.25, 0.3) is 0 Å². The van der Waals surface area contributed by atoms with Crippen molar-refractivity contribution in [3.8, 4) is 0 Å². The van der Waals surface area contributed by atoms with E-state index >= 15 is 0 Å². The second-order valence-corrected chi connectivity index (χ2v) is 4.54. The summed E-state index contributed by atoms with van der Waals surface area (Å²) in [5, 5.41) is 0.440. The average Bonchev–Trinajstić information content (AvgIpc) is 2.64. The van der Waals surface area contributed by atoms with Crippen LogP contribution in [0.3, 0.4) is 0 Å².